The van der Waals surface area contributed by atoms with E-state index in [1.54, 1.807) is 0 Å². The molecule has 3 atom stereocenters. The predicted molar refractivity (Wildman–Crippen MR) is 79.4 cm³/mol. The molecule has 126 valence electrons. The summed E-state index contributed by atoms with van der Waals surface area (Å²) in [6, 6.07) is 0. The van der Waals surface area contributed by atoms with Gasteiger partial charge in [0.1, 0.15) is 6.10 Å². The summed E-state index contributed by atoms with van der Waals surface area (Å²) in [6.07, 6.45) is 7.52. The van der Waals surface area contributed by atoms with Gasteiger partial charge in [0.05, 0.1) is 6.61 Å². The van der Waals surface area contributed by atoms with E-state index in [9.17, 15) is 15.0 Å². The molecule has 0 aromatic carbocycles. The van der Waals surface area contributed by atoms with E-state index in [-0.39, 0.29) is 12.9 Å². The molecule has 0 aromatic rings. The van der Waals surface area contributed by atoms with Crippen molar-refractivity contribution in [2.24, 2.45) is 0 Å². The Balaban J connectivity index is 1.61. The van der Waals surface area contributed by atoms with Crippen LogP contribution in [0.25, 0.3) is 0 Å². The number of carbonyl (C=O) groups excluding carboxylic acids is 1. The highest BCUT2D eigenvalue weighted by Gasteiger charge is 2.44. The average Bonchev–Trinajstić information content (AvgIpc) is 3.07. The SMILES string of the molecule is CCCCCCCCCC1OCC(C2OC(=O)C(O)=C2O)O1. The van der Waals surface area contributed by atoms with Gasteiger partial charge in [-0.1, -0.05) is 45.4 Å². The summed E-state index contributed by atoms with van der Waals surface area (Å²) in [5.74, 6) is -2.11. The third-order valence-corrected chi connectivity index (χ3v) is 4.09. The second kappa shape index (κ2) is 8.39. The van der Waals surface area contributed by atoms with Crippen molar-refractivity contribution in [3.63, 3.8) is 0 Å². The predicted octanol–water partition coefficient (Wildman–Crippen LogP) is 3.12. The quantitative estimate of drug-likeness (QED) is 0.502. The Bertz CT molecular complexity index is 405. The van der Waals surface area contributed by atoms with Crippen molar-refractivity contribution in [3.8, 4) is 0 Å². The fourth-order valence-corrected chi connectivity index (χ4v) is 2.77. The number of esters is 1. The molecule has 0 aliphatic carbocycles. The first-order valence-electron chi connectivity index (χ1n) is 8.23. The molecule has 0 saturated carbocycles. The third kappa shape index (κ3) is 4.36. The van der Waals surface area contributed by atoms with Gasteiger partial charge < -0.3 is 24.4 Å². The van der Waals surface area contributed by atoms with E-state index in [4.69, 9.17) is 14.2 Å². The summed E-state index contributed by atoms with van der Waals surface area (Å²) in [6.45, 7) is 2.45. The Labute approximate surface area is 131 Å². The number of carbonyl (C=O) groups is 1. The van der Waals surface area contributed by atoms with Gasteiger partial charge in [-0.15, -0.1) is 0 Å². The number of hydrogen-bond donors (Lipinski definition) is 2. The van der Waals surface area contributed by atoms with E-state index < -0.39 is 29.7 Å². The van der Waals surface area contributed by atoms with Crippen LogP contribution in [0.5, 0.6) is 0 Å². The molecule has 6 nitrogen and oxygen atoms in total. The number of hydrogen-bond acceptors (Lipinski definition) is 6. The smallest absolute Gasteiger partial charge is 0.377 e. The molecule has 2 aliphatic rings. The maximum atomic E-state index is 11.2. The second-order valence-electron chi connectivity index (χ2n) is 5.91. The van der Waals surface area contributed by atoms with Crippen LogP contribution in [0.15, 0.2) is 11.5 Å². The Morgan fingerprint density at radius 3 is 2.41 bits per heavy atom. The van der Waals surface area contributed by atoms with E-state index in [1.807, 2.05) is 0 Å². The Hall–Kier alpha value is -1.27. The van der Waals surface area contributed by atoms with Crippen molar-refractivity contribution in [1.29, 1.82) is 0 Å². The summed E-state index contributed by atoms with van der Waals surface area (Å²) in [4.78, 5) is 11.2. The Morgan fingerprint density at radius 2 is 1.77 bits per heavy atom. The first-order valence-corrected chi connectivity index (χ1v) is 8.23. The molecule has 1 saturated heterocycles. The van der Waals surface area contributed by atoms with Crippen molar-refractivity contribution >= 4 is 5.97 Å². The minimum Gasteiger partial charge on any atom is -0.505 e. The molecule has 1 fully saturated rings. The molecule has 0 aromatic heterocycles. The molecule has 2 heterocycles. The van der Waals surface area contributed by atoms with Crippen molar-refractivity contribution in [3.05, 3.63) is 11.5 Å². The molecule has 2 N–H and O–H groups in total. The minimum atomic E-state index is -0.952. The highest BCUT2D eigenvalue weighted by atomic mass is 16.7. The molecule has 0 radical (unpaired) electrons. The van der Waals surface area contributed by atoms with Crippen molar-refractivity contribution in [2.75, 3.05) is 6.61 Å². The summed E-state index contributed by atoms with van der Waals surface area (Å²) in [5, 5.41) is 18.9. The summed E-state index contributed by atoms with van der Waals surface area (Å²) < 4.78 is 16.0. The largest absolute Gasteiger partial charge is 0.505 e. The second-order valence-corrected chi connectivity index (χ2v) is 5.91. The Kier molecular flexibility index (Phi) is 6.51. The normalized spacial score (nSPS) is 28.4. The number of ether oxygens (including phenoxy) is 3. The monoisotopic (exact) mass is 314 g/mol. The first-order chi connectivity index (χ1) is 10.6. The maximum Gasteiger partial charge on any atom is 0.377 e. The molecular weight excluding hydrogens is 288 g/mol. The number of unbranched alkanes of at least 4 members (excludes halogenated alkanes) is 6. The molecular formula is C16H26O6. The maximum absolute atomic E-state index is 11.2. The van der Waals surface area contributed by atoms with Gasteiger partial charge in [0.2, 0.25) is 5.76 Å². The highest BCUT2D eigenvalue weighted by molar-refractivity contribution is 5.89. The van der Waals surface area contributed by atoms with E-state index in [2.05, 4.69) is 6.92 Å². The van der Waals surface area contributed by atoms with Crippen LogP contribution in [-0.2, 0) is 19.0 Å². The molecule has 0 bridgehead atoms. The van der Waals surface area contributed by atoms with E-state index in [0.717, 1.165) is 19.3 Å². The lowest BCUT2D eigenvalue weighted by molar-refractivity contribution is -0.149. The summed E-state index contributed by atoms with van der Waals surface area (Å²) in [5.41, 5.74) is 0. The molecule has 2 rings (SSSR count). The molecule has 2 aliphatic heterocycles. The van der Waals surface area contributed by atoms with Crippen LogP contribution < -0.4 is 0 Å². The van der Waals surface area contributed by atoms with Gasteiger partial charge in [0.15, 0.2) is 18.2 Å². The minimum absolute atomic E-state index is 0.246. The van der Waals surface area contributed by atoms with Crippen molar-refractivity contribution in [2.45, 2.75) is 76.8 Å². The lowest BCUT2D eigenvalue weighted by atomic mass is 10.1. The van der Waals surface area contributed by atoms with Crippen LogP contribution >= 0.6 is 0 Å². The average molecular weight is 314 g/mol. The van der Waals surface area contributed by atoms with Crippen LogP contribution in [0, 0.1) is 0 Å². The van der Waals surface area contributed by atoms with Crippen LogP contribution in [0.4, 0.5) is 0 Å². The molecule has 3 unspecified atom stereocenters. The fraction of sp³-hybridized carbons (Fsp3) is 0.812. The number of aliphatic hydroxyl groups is 2. The lowest BCUT2D eigenvalue weighted by Crippen LogP contribution is -2.31. The van der Waals surface area contributed by atoms with Gasteiger partial charge in [-0.05, 0) is 12.8 Å². The van der Waals surface area contributed by atoms with Gasteiger partial charge in [-0.25, -0.2) is 4.79 Å². The topological polar surface area (TPSA) is 85.2 Å². The number of cyclic esters (lactones) is 1. The number of aliphatic hydroxyl groups excluding tert-OH is 2. The summed E-state index contributed by atoms with van der Waals surface area (Å²) in [7, 11) is 0. The lowest BCUT2D eigenvalue weighted by Gasteiger charge is -2.16. The zero-order chi connectivity index (χ0) is 15.9. The molecule has 6 heteroatoms. The van der Waals surface area contributed by atoms with Crippen LogP contribution in [0.1, 0.15) is 58.3 Å². The zero-order valence-electron chi connectivity index (χ0n) is 13.1. The van der Waals surface area contributed by atoms with E-state index in [1.165, 1.54) is 32.1 Å². The van der Waals surface area contributed by atoms with Crippen molar-refractivity contribution in [1.82, 2.24) is 0 Å². The molecule has 0 amide bonds. The van der Waals surface area contributed by atoms with Gasteiger partial charge in [-0.2, -0.15) is 0 Å². The standard InChI is InChI=1S/C16H26O6/c1-2-3-4-5-6-7-8-9-12-20-10-11(21-12)15-13(17)14(18)16(19)22-15/h11-12,15,17-18H,2-10H2,1H3. The number of rotatable bonds is 9. The van der Waals surface area contributed by atoms with Gasteiger partial charge >= 0.3 is 5.97 Å². The molecule has 22 heavy (non-hydrogen) atoms. The van der Waals surface area contributed by atoms with Crippen molar-refractivity contribution < 1.29 is 29.2 Å². The van der Waals surface area contributed by atoms with Gasteiger partial charge in [0, 0.05) is 0 Å². The molecule has 0 spiro atoms. The summed E-state index contributed by atoms with van der Waals surface area (Å²) >= 11 is 0. The zero-order valence-corrected chi connectivity index (χ0v) is 13.1. The van der Waals surface area contributed by atoms with E-state index in [0.29, 0.717) is 0 Å². The van der Waals surface area contributed by atoms with Gasteiger partial charge in [-0.3, -0.25) is 0 Å². The van der Waals surface area contributed by atoms with Crippen LogP contribution in [-0.4, -0.2) is 41.3 Å². The van der Waals surface area contributed by atoms with Crippen LogP contribution in [0.2, 0.25) is 0 Å². The highest BCUT2D eigenvalue weighted by Crippen LogP contribution is 2.28. The van der Waals surface area contributed by atoms with Gasteiger partial charge in [0.25, 0.3) is 0 Å². The third-order valence-electron chi connectivity index (χ3n) is 4.09. The fourth-order valence-electron chi connectivity index (χ4n) is 2.77. The van der Waals surface area contributed by atoms with Crippen LogP contribution in [0.3, 0.4) is 0 Å². The Morgan fingerprint density at radius 1 is 1.09 bits per heavy atom. The first kappa shape index (κ1) is 17.1. The van der Waals surface area contributed by atoms with E-state index >= 15 is 0 Å².